The number of imidazole rings is 2. The molecule has 356 valence electrons. The number of fused-ring (bicyclic) bond motifs is 1. The van der Waals surface area contributed by atoms with Crippen LogP contribution in [0.5, 0.6) is 0 Å². The van der Waals surface area contributed by atoms with Gasteiger partial charge in [-0.15, -0.1) is 0 Å². The Balaban J connectivity index is 0.956. The maximum atomic E-state index is 14.5. The van der Waals surface area contributed by atoms with Gasteiger partial charge in [0, 0.05) is 24.1 Å². The molecule has 0 radical (unpaired) electrons. The predicted octanol–water partition coefficient (Wildman–Crippen LogP) is 9.19. The number of alkyl carbamates (subject to hydrolysis) is 2. The molecule has 4 atom stereocenters. The van der Waals surface area contributed by atoms with Gasteiger partial charge in [-0.1, -0.05) is 95.1 Å². The number of aromatic nitrogens is 4. The molecular formula is C53H62N8O7. The first-order valence-corrected chi connectivity index (χ1v) is 24.1. The van der Waals surface area contributed by atoms with E-state index in [2.05, 4.69) is 81.3 Å². The van der Waals surface area contributed by atoms with Crippen molar-refractivity contribution in [2.45, 2.75) is 110 Å². The zero-order valence-electron chi connectivity index (χ0n) is 39.8. The van der Waals surface area contributed by atoms with Crippen LogP contribution in [-0.2, 0) is 25.5 Å². The van der Waals surface area contributed by atoms with Gasteiger partial charge < -0.3 is 39.9 Å². The molecule has 0 bridgehead atoms. The third-order valence-electron chi connectivity index (χ3n) is 14.7. The van der Waals surface area contributed by atoms with E-state index in [9.17, 15) is 24.0 Å². The highest BCUT2D eigenvalue weighted by atomic mass is 16.5. The van der Waals surface area contributed by atoms with Gasteiger partial charge in [-0.3, -0.25) is 14.4 Å². The van der Waals surface area contributed by atoms with Crippen molar-refractivity contribution in [1.29, 1.82) is 0 Å². The van der Waals surface area contributed by atoms with Gasteiger partial charge in [0.2, 0.25) is 11.8 Å². The van der Waals surface area contributed by atoms with Gasteiger partial charge in [-0.05, 0) is 102 Å². The van der Waals surface area contributed by atoms with Crippen molar-refractivity contribution < 1.29 is 33.4 Å². The lowest BCUT2D eigenvalue weighted by Crippen LogP contribution is -2.51. The van der Waals surface area contributed by atoms with Gasteiger partial charge in [0.05, 0.1) is 50.1 Å². The van der Waals surface area contributed by atoms with Crippen LogP contribution in [0.3, 0.4) is 0 Å². The summed E-state index contributed by atoms with van der Waals surface area (Å²) in [5.74, 6) is 1.12. The molecule has 3 fully saturated rings. The number of hydrogen-bond donors (Lipinski definition) is 4. The van der Waals surface area contributed by atoms with Crippen molar-refractivity contribution in [2.75, 3.05) is 27.3 Å². The Bertz CT molecular complexity index is 2700. The van der Waals surface area contributed by atoms with E-state index in [4.69, 9.17) is 19.4 Å². The second-order valence-corrected chi connectivity index (χ2v) is 19.7. The van der Waals surface area contributed by atoms with E-state index in [0.29, 0.717) is 24.7 Å². The first kappa shape index (κ1) is 46.3. The van der Waals surface area contributed by atoms with Crippen molar-refractivity contribution in [3.8, 4) is 44.8 Å². The Morgan fingerprint density at radius 3 is 1.56 bits per heavy atom. The molecule has 2 aliphatic heterocycles. The SMILES string of the molecule is COC(=O)N[C@H](C(=O)N1CCC[C@H]1c1ncc(-c2ccc(-c3cc4c(c(-c5ccc(-c6cnc([C@@H]7CCCN7C(=O)[C@@H](NC(=O)OC)C(C)C)[nH]6)cc5)c3)C(=O)C3(CCCC3)C4)cc2)[nH]1)C(C)C. The number of likely N-dealkylation sites (tertiary alicyclic amines) is 2. The quantitative estimate of drug-likeness (QED) is 0.0945. The number of H-pyrrole nitrogens is 2. The monoisotopic (exact) mass is 922 g/mol. The van der Waals surface area contributed by atoms with E-state index >= 15 is 0 Å². The Hall–Kier alpha value is -6.77. The number of nitrogens with one attached hydrogen (secondary N) is 4. The molecule has 3 aromatic carbocycles. The number of benzene rings is 3. The molecule has 2 aliphatic carbocycles. The standard InChI is InChI=1S/C53H62N8O7/c1-30(2)44(58-51(65)67-5)49(63)60-23-9-11-41(60)47-54-28-39(56-47)34-17-13-32(14-18-34)36-25-37-27-53(21-7-8-22-53)46(62)43(37)38(26-36)33-15-19-35(20-16-33)40-29-55-48(57-40)42-12-10-24-61(42)50(64)45(31(3)4)59-52(66)68-6/h13-20,25-26,28-31,41-42,44-45H,7-12,21-24,27H2,1-6H3,(H,54,56)(H,55,57)(H,58,65)(H,59,66)/t41-,42-,44-,45-/m0/s1. The normalized spacial score (nSPS) is 19.4. The highest BCUT2D eigenvalue weighted by molar-refractivity contribution is 6.11. The van der Waals surface area contributed by atoms with E-state index < -0.39 is 24.3 Å². The third kappa shape index (κ3) is 8.78. The fourth-order valence-corrected chi connectivity index (χ4v) is 11.0. The molecule has 0 unspecified atom stereocenters. The molecule has 2 aromatic heterocycles. The molecule has 4 amide bonds. The third-order valence-corrected chi connectivity index (χ3v) is 14.7. The average Bonchev–Trinajstić information content (AvgIpc) is 4.22. The van der Waals surface area contributed by atoms with Gasteiger partial charge in [0.15, 0.2) is 5.78 Å². The molecule has 1 spiro atoms. The summed E-state index contributed by atoms with van der Waals surface area (Å²) in [5, 5.41) is 5.43. The Morgan fingerprint density at radius 1 is 0.647 bits per heavy atom. The fourth-order valence-electron chi connectivity index (χ4n) is 11.0. The van der Waals surface area contributed by atoms with E-state index in [1.807, 2.05) is 43.7 Å². The number of hydrogen-bond acceptors (Lipinski definition) is 9. The molecule has 4 N–H and O–H groups in total. The minimum Gasteiger partial charge on any atom is -0.453 e. The van der Waals surface area contributed by atoms with Crippen molar-refractivity contribution in [1.82, 2.24) is 40.4 Å². The highest BCUT2D eigenvalue weighted by Gasteiger charge is 2.48. The van der Waals surface area contributed by atoms with Gasteiger partial charge in [-0.2, -0.15) is 0 Å². The summed E-state index contributed by atoms with van der Waals surface area (Å²) in [6.07, 6.45) is 10.2. The van der Waals surface area contributed by atoms with Gasteiger partial charge >= 0.3 is 12.2 Å². The maximum absolute atomic E-state index is 14.5. The second kappa shape index (κ2) is 19.1. The summed E-state index contributed by atoms with van der Waals surface area (Å²) < 4.78 is 9.59. The molecule has 15 heteroatoms. The van der Waals surface area contributed by atoms with E-state index in [0.717, 1.165) is 114 Å². The average molecular weight is 923 g/mol. The lowest BCUT2D eigenvalue weighted by Gasteiger charge is -2.30. The van der Waals surface area contributed by atoms with Crippen molar-refractivity contribution >= 4 is 29.8 Å². The molecule has 9 rings (SSSR count). The summed E-state index contributed by atoms with van der Waals surface area (Å²) >= 11 is 0. The molecule has 15 nitrogen and oxygen atoms in total. The molecule has 5 aromatic rings. The lowest BCUT2D eigenvalue weighted by atomic mass is 9.81. The number of methoxy groups -OCH3 is 2. The topological polar surface area (TPSA) is 192 Å². The minimum absolute atomic E-state index is 0.123. The maximum Gasteiger partial charge on any atom is 0.407 e. The minimum atomic E-state index is -0.714. The summed E-state index contributed by atoms with van der Waals surface area (Å²) in [5.41, 5.74) is 9.12. The van der Waals surface area contributed by atoms with Crippen LogP contribution in [0.2, 0.25) is 0 Å². The van der Waals surface area contributed by atoms with Gasteiger partial charge in [0.25, 0.3) is 0 Å². The van der Waals surface area contributed by atoms with Crippen LogP contribution in [0, 0.1) is 17.3 Å². The largest absolute Gasteiger partial charge is 0.453 e. The van der Waals surface area contributed by atoms with Crippen LogP contribution >= 0.6 is 0 Å². The summed E-state index contributed by atoms with van der Waals surface area (Å²) in [4.78, 5) is 86.2. The summed E-state index contributed by atoms with van der Waals surface area (Å²) in [6, 6.07) is 19.1. The van der Waals surface area contributed by atoms with E-state index in [-0.39, 0.29) is 46.9 Å². The lowest BCUT2D eigenvalue weighted by molar-refractivity contribution is -0.136. The van der Waals surface area contributed by atoms with Gasteiger partial charge in [-0.25, -0.2) is 19.6 Å². The highest BCUT2D eigenvalue weighted by Crippen LogP contribution is 2.52. The van der Waals surface area contributed by atoms with Gasteiger partial charge in [0.1, 0.15) is 23.7 Å². The summed E-state index contributed by atoms with van der Waals surface area (Å²) in [6.45, 7) is 8.76. The Labute approximate surface area is 397 Å². The van der Waals surface area contributed by atoms with Crippen LogP contribution in [0.15, 0.2) is 73.1 Å². The van der Waals surface area contributed by atoms with Crippen molar-refractivity contribution in [3.63, 3.8) is 0 Å². The number of nitrogens with zero attached hydrogens (tertiary/aromatic N) is 4. The van der Waals surface area contributed by atoms with Crippen LogP contribution < -0.4 is 10.6 Å². The molecule has 2 saturated heterocycles. The Morgan fingerprint density at radius 2 is 1.10 bits per heavy atom. The number of aromatic amines is 2. The molecule has 68 heavy (non-hydrogen) atoms. The molecule has 4 aliphatic rings. The first-order valence-electron chi connectivity index (χ1n) is 24.1. The fraction of sp³-hybridized carbons (Fsp3) is 0.453. The molecule has 4 heterocycles. The van der Waals surface area contributed by atoms with Crippen LogP contribution in [-0.4, -0.2) is 98.9 Å². The number of Topliss-reactive ketones (excluding diaryl/α,β-unsaturated/α-hetero) is 1. The molecule has 1 saturated carbocycles. The number of amides is 4. The number of rotatable bonds is 12. The number of carbonyl (C=O) groups is 5. The second-order valence-electron chi connectivity index (χ2n) is 19.7. The summed E-state index contributed by atoms with van der Waals surface area (Å²) in [7, 11) is 2.58. The van der Waals surface area contributed by atoms with Crippen molar-refractivity contribution in [3.05, 3.63) is 95.8 Å². The zero-order chi connectivity index (χ0) is 47.9. The zero-order valence-corrected chi connectivity index (χ0v) is 39.8. The Kier molecular flexibility index (Phi) is 13.0. The first-order chi connectivity index (χ1) is 32.8. The number of ketones is 1. The van der Waals surface area contributed by atoms with E-state index in [1.54, 1.807) is 6.20 Å². The van der Waals surface area contributed by atoms with Crippen molar-refractivity contribution in [2.24, 2.45) is 17.3 Å². The van der Waals surface area contributed by atoms with E-state index in [1.165, 1.54) is 14.2 Å². The predicted molar refractivity (Wildman–Crippen MR) is 257 cm³/mol. The number of carbonyl (C=O) groups excluding carboxylic acids is 5. The van der Waals surface area contributed by atoms with Crippen LogP contribution in [0.4, 0.5) is 9.59 Å². The van der Waals surface area contributed by atoms with Crippen LogP contribution in [0.25, 0.3) is 44.8 Å². The van der Waals surface area contributed by atoms with Crippen LogP contribution in [0.1, 0.15) is 119 Å². The molecular weight excluding hydrogens is 861 g/mol. The number of ether oxygens (including phenoxy) is 2. The smallest absolute Gasteiger partial charge is 0.407 e.